The van der Waals surface area contributed by atoms with Crippen molar-refractivity contribution in [2.75, 3.05) is 0 Å². The highest BCUT2D eigenvalue weighted by molar-refractivity contribution is 5.57. The van der Waals surface area contributed by atoms with E-state index >= 15 is 0 Å². The summed E-state index contributed by atoms with van der Waals surface area (Å²) in [5.41, 5.74) is 3.48. The number of para-hydroxylation sites is 1. The molecule has 172 valence electrons. The van der Waals surface area contributed by atoms with Crippen LogP contribution in [0.15, 0.2) is 72.8 Å². The van der Waals surface area contributed by atoms with Gasteiger partial charge in [0, 0.05) is 0 Å². The van der Waals surface area contributed by atoms with Gasteiger partial charge in [0.1, 0.15) is 11.5 Å². The highest BCUT2D eigenvalue weighted by atomic mass is 16.5. The molecule has 0 atom stereocenters. The fourth-order valence-electron chi connectivity index (χ4n) is 4.11. The van der Waals surface area contributed by atoms with E-state index < -0.39 is 0 Å². The average Bonchev–Trinajstić information content (AvgIpc) is 2.84. The Morgan fingerprint density at radius 1 is 0.529 bits per heavy atom. The summed E-state index contributed by atoms with van der Waals surface area (Å²) in [4.78, 5) is 0. The lowest BCUT2D eigenvalue weighted by Gasteiger charge is -2.16. The predicted molar refractivity (Wildman–Crippen MR) is 127 cm³/mol. The summed E-state index contributed by atoms with van der Waals surface area (Å²) in [5, 5.41) is 41.3. The van der Waals surface area contributed by atoms with E-state index in [0.29, 0.717) is 37.2 Å². The van der Waals surface area contributed by atoms with E-state index in [9.17, 15) is 20.4 Å². The maximum Gasteiger partial charge on any atom is 0.201 e. The van der Waals surface area contributed by atoms with E-state index in [0.717, 1.165) is 22.3 Å². The number of phenolic OH excluding ortho intramolecular Hbond substituents is 4. The first-order valence-corrected chi connectivity index (χ1v) is 11.1. The Hall–Kier alpha value is -4.32. The SMILES string of the molecule is Oc1cc2cc(c1O)Oc1ccc(cc1)CCc1ccc(O)c(O)c1Oc1ccccc1CC2. The molecule has 4 N–H and O–H groups in total. The highest BCUT2D eigenvalue weighted by Gasteiger charge is 2.18. The van der Waals surface area contributed by atoms with Crippen molar-refractivity contribution in [3.05, 3.63) is 95.1 Å². The van der Waals surface area contributed by atoms with E-state index in [1.165, 1.54) is 12.1 Å². The second-order valence-corrected chi connectivity index (χ2v) is 8.34. The molecule has 0 saturated heterocycles. The zero-order chi connectivity index (χ0) is 23.7. The van der Waals surface area contributed by atoms with Crippen molar-refractivity contribution in [1.82, 2.24) is 0 Å². The molecule has 2 heterocycles. The normalized spacial score (nSPS) is 13.2. The Morgan fingerprint density at radius 2 is 1.26 bits per heavy atom. The number of hydrogen-bond donors (Lipinski definition) is 4. The summed E-state index contributed by atoms with van der Waals surface area (Å²) in [7, 11) is 0. The van der Waals surface area contributed by atoms with E-state index in [4.69, 9.17) is 9.47 Å². The van der Waals surface area contributed by atoms with Gasteiger partial charge in [0.05, 0.1) is 0 Å². The molecule has 6 nitrogen and oxygen atoms in total. The molecule has 4 aromatic rings. The summed E-state index contributed by atoms with van der Waals surface area (Å²) >= 11 is 0. The number of hydrogen-bond acceptors (Lipinski definition) is 6. The topological polar surface area (TPSA) is 99.4 Å². The maximum atomic E-state index is 10.6. The summed E-state index contributed by atoms with van der Waals surface area (Å²) in [6, 6.07) is 21.4. The van der Waals surface area contributed by atoms with Crippen LogP contribution in [-0.2, 0) is 25.7 Å². The molecule has 2 aliphatic rings. The smallest absolute Gasteiger partial charge is 0.201 e. The van der Waals surface area contributed by atoms with Crippen LogP contribution in [0.5, 0.6) is 46.0 Å². The van der Waals surface area contributed by atoms with Crippen molar-refractivity contribution >= 4 is 0 Å². The van der Waals surface area contributed by atoms with Gasteiger partial charge in [0.15, 0.2) is 23.0 Å². The molecule has 0 amide bonds. The minimum absolute atomic E-state index is 0.185. The van der Waals surface area contributed by atoms with Gasteiger partial charge in [-0.05, 0) is 84.3 Å². The van der Waals surface area contributed by atoms with Crippen LogP contribution in [0.3, 0.4) is 0 Å². The molecule has 34 heavy (non-hydrogen) atoms. The van der Waals surface area contributed by atoms with Gasteiger partial charge < -0.3 is 29.9 Å². The predicted octanol–water partition coefficient (Wildman–Crippen LogP) is 5.98. The molecule has 4 aromatic carbocycles. The van der Waals surface area contributed by atoms with Crippen LogP contribution < -0.4 is 9.47 Å². The highest BCUT2D eigenvalue weighted by Crippen LogP contribution is 2.43. The summed E-state index contributed by atoms with van der Waals surface area (Å²) < 4.78 is 12.0. The summed E-state index contributed by atoms with van der Waals surface area (Å²) in [6.07, 6.45) is 2.37. The fraction of sp³-hybridized carbons (Fsp3) is 0.143. The third-order valence-electron chi connectivity index (χ3n) is 6.01. The largest absolute Gasteiger partial charge is 0.504 e. The second-order valence-electron chi connectivity index (χ2n) is 8.34. The molecule has 6 heteroatoms. The number of phenols is 4. The van der Waals surface area contributed by atoms with Crippen molar-refractivity contribution in [2.45, 2.75) is 25.7 Å². The van der Waals surface area contributed by atoms with Gasteiger partial charge in [0.25, 0.3) is 0 Å². The molecule has 0 fully saturated rings. The van der Waals surface area contributed by atoms with Gasteiger partial charge in [-0.1, -0.05) is 36.4 Å². The van der Waals surface area contributed by atoms with Crippen LogP contribution in [0.4, 0.5) is 0 Å². The monoisotopic (exact) mass is 456 g/mol. The number of benzene rings is 4. The van der Waals surface area contributed by atoms with Crippen molar-refractivity contribution < 1.29 is 29.9 Å². The van der Waals surface area contributed by atoms with E-state index in [-0.39, 0.29) is 34.5 Å². The fourth-order valence-corrected chi connectivity index (χ4v) is 4.11. The number of aromatic hydroxyl groups is 4. The number of aryl methyl sites for hydroxylation is 4. The summed E-state index contributed by atoms with van der Waals surface area (Å²) in [5.74, 6) is 0.443. The Labute approximate surface area is 196 Å². The molecule has 0 aliphatic carbocycles. The van der Waals surface area contributed by atoms with E-state index in [2.05, 4.69) is 0 Å². The molecule has 0 radical (unpaired) electrons. The van der Waals surface area contributed by atoms with Crippen molar-refractivity contribution in [3.8, 4) is 46.0 Å². The van der Waals surface area contributed by atoms with Crippen LogP contribution >= 0.6 is 0 Å². The zero-order valence-electron chi connectivity index (χ0n) is 18.4. The molecule has 0 spiro atoms. The number of rotatable bonds is 0. The van der Waals surface area contributed by atoms with Gasteiger partial charge in [-0.2, -0.15) is 0 Å². The molecule has 2 aliphatic heterocycles. The van der Waals surface area contributed by atoms with Crippen molar-refractivity contribution in [3.63, 3.8) is 0 Å². The standard InChI is InChI=1S/C28H24O6/c29-22-14-11-20-10-5-17-7-12-21(13-8-17)33-25-16-18(15-23(30)26(25)31)6-9-19-3-1-2-4-24(19)34-28(20)27(22)32/h1-4,7-8,11-16,29-32H,5-6,9-10H2. The minimum atomic E-state index is -0.305. The third-order valence-corrected chi connectivity index (χ3v) is 6.01. The van der Waals surface area contributed by atoms with Gasteiger partial charge in [-0.25, -0.2) is 0 Å². The zero-order valence-corrected chi connectivity index (χ0v) is 18.4. The minimum Gasteiger partial charge on any atom is -0.504 e. The van der Waals surface area contributed by atoms with Gasteiger partial charge >= 0.3 is 0 Å². The van der Waals surface area contributed by atoms with Gasteiger partial charge in [-0.3, -0.25) is 0 Å². The molecular weight excluding hydrogens is 432 g/mol. The van der Waals surface area contributed by atoms with Crippen molar-refractivity contribution in [2.24, 2.45) is 0 Å². The molecule has 0 aromatic heterocycles. The van der Waals surface area contributed by atoms with Crippen LogP contribution in [0.25, 0.3) is 0 Å². The number of ether oxygens (including phenoxy) is 2. The summed E-state index contributed by atoms with van der Waals surface area (Å²) in [6.45, 7) is 0. The maximum absolute atomic E-state index is 10.6. The van der Waals surface area contributed by atoms with Crippen LogP contribution in [-0.4, -0.2) is 20.4 Å². The van der Waals surface area contributed by atoms with Crippen LogP contribution in [0, 0.1) is 0 Å². The Kier molecular flexibility index (Phi) is 5.64. The van der Waals surface area contributed by atoms with Crippen LogP contribution in [0.2, 0.25) is 0 Å². The lowest BCUT2D eigenvalue weighted by molar-refractivity contribution is 0.369. The Bertz CT molecular complexity index is 1340. The molecule has 0 saturated carbocycles. The van der Waals surface area contributed by atoms with E-state index in [1.54, 1.807) is 24.3 Å². The first-order valence-electron chi connectivity index (χ1n) is 11.1. The van der Waals surface area contributed by atoms with E-state index in [1.807, 2.05) is 36.4 Å². The van der Waals surface area contributed by atoms with Gasteiger partial charge in [-0.15, -0.1) is 0 Å². The molecule has 4 bridgehead atoms. The van der Waals surface area contributed by atoms with Gasteiger partial charge in [0.2, 0.25) is 11.5 Å². The first kappa shape index (κ1) is 21.5. The molecule has 6 rings (SSSR count). The number of fused-ring (bicyclic) bond motifs is 4. The average molecular weight is 456 g/mol. The molecule has 0 unspecified atom stereocenters. The quantitative estimate of drug-likeness (QED) is 0.243. The Balaban J connectivity index is 1.60. The van der Waals surface area contributed by atoms with Crippen molar-refractivity contribution in [1.29, 1.82) is 0 Å². The van der Waals surface area contributed by atoms with Crippen LogP contribution in [0.1, 0.15) is 22.3 Å². The Morgan fingerprint density at radius 3 is 2.09 bits per heavy atom. The lowest BCUT2D eigenvalue weighted by Crippen LogP contribution is -1.99. The lowest BCUT2D eigenvalue weighted by atomic mass is 10.0. The first-order chi connectivity index (χ1) is 16.5. The third kappa shape index (κ3) is 4.30. The molecular formula is C28H24O6. The second kappa shape index (κ2) is 8.90.